The van der Waals surface area contributed by atoms with Gasteiger partial charge in [-0.2, -0.15) is 0 Å². The topological polar surface area (TPSA) is 38.8 Å². The minimum atomic E-state index is -0.0882. The third-order valence-electron chi connectivity index (χ3n) is 3.81. The molecule has 0 radical (unpaired) electrons. The molecular formula is C19H16BrNO3S2. The van der Waals surface area contributed by atoms with Gasteiger partial charge in [-0.05, 0) is 45.3 Å². The van der Waals surface area contributed by atoms with Crippen molar-refractivity contribution in [3.63, 3.8) is 0 Å². The van der Waals surface area contributed by atoms with Crippen LogP contribution in [0.2, 0.25) is 0 Å². The van der Waals surface area contributed by atoms with Gasteiger partial charge in [0.15, 0.2) is 11.5 Å². The van der Waals surface area contributed by atoms with Crippen LogP contribution in [0.25, 0.3) is 6.08 Å². The van der Waals surface area contributed by atoms with Gasteiger partial charge in [-0.3, -0.25) is 9.69 Å². The first-order valence-electron chi connectivity index (χ1n) is 7.74. The van der Waals surface area contributed by atoms with Gasteiger partial charge in [0.2, 0.25) is 0 Å². The number of amides is 1. The summed E-state index contributed by atoms with van der Waals surface area (Å²) in [6, 6.07) is 13.5. The fourth-order valence-corrected chi connectivity index (χ4v) is 4.45. The molecule has 0 aliphatic carbocycles. The van der Waals surface area contributed by atoms with Gasteiger partial charge < -0.3 is 9.47 Å². The van der Waals surface area contributed by atoms with Gasteiger partial charge in [-0.1, -0.05) is 54.3 Å². The first-order valence-corrected chi connectivity index (χ1v) is 9.76. The number of halogens is 1. The van der Waals surface area contributed by atoms with Crippen molar-refractivity contribution < 1.29 is 14.3 Å². The molecule has 0 N–H and O–H groups in total. The number of hydrogen-bond donors (Lipinski definition) is 0. The predicted octanol–water partition coefficient (Wildman–Crippen LogP) is 4.87. The molecule has 0 atom stereocenters. The highest BCUT2D eigenvalue weighted by Crippen LogP contribution is 2.39. The molecule has 0 bridgehead atoms. The highest BCUT2D eigenvalue weighted by molar-refractivity contribution is 9.10. The van der Waals surface area contributed by atoms with Crippen LogP contribution in [-0.4, -0.2) is 29.3 Å². The van der Waals surface area contributed by atoms with Gasteiger partial charge in [0.1, 0.15) is 4.32 Å². The summed E-state index contributed by atoms with van der Waals surface area (Å²) in [6.45, 7) is 0.471. The van der Waals surface area contributed by atoms with E-state index in [9.17, 15) is 4.79 Å². The Kier molecular flexibility index (Phi) is 6.01. The Hall–Kier alpha value is -1.83. The summed E-state index contributed by atoms with van der Waals surface area (Å²) in [5.41, 5.74) is 1.87. The van der Waals surface area contributed by atoms with Crippen LogP contribution in [0.5, 0.6) is 11.5 Å². The van der Waals surface area contributed by atoms with E-state index in [0.29, 0.717) is 27.3 Å². The maximum absolute atomic E-state index is 12.8. The minimum absolute atomic E-state index is 0.0882. The van der Waals surface area contributed by atoms with Crippen molar-refractivity contribution in [1.82, 2.24) is 4.90 Å². The third kappa shape index (κ3) is 3.95. The van der Waals surface area contributed by atoms with Gasteiger partial charge in [0.05, 0.1) is 30.1 Å². The molecular weight excluding hydrogens is 434 g/mol. The molecule has 1 fully saturated rings. The van der Waals surface area contributed by atoms with E-state index in [-0.39, 0.29) is 5.91 Å². The Bertz CT molecular complexity index is 884. The maximum atomic E-state index is 12.8. The van der Waals surface area contributed by atoms with Crippen molar-refractivity contribution in [2.24, 2.45) is 0 Å². The van der Waals surface area contributed by atoms with E-state index in [1.54, 1.807) is 19.1 Å². The molecule has 2 aromatic rings. The zero-order chi connectivity index (χ0) is 18.7. The maximum Gasteiger partial charge on any atom is 0.266 e. The monoisotopic (exact) mass is 449 g/mol. The molecule has 1 saturated heterocycles. The number of rotatable bonds is 5. The van der Waals surface area contributed by atoms with Crippen LogP contribution in [0.1, 0.15) is 11.1 Å². The van der Waals surface area contributed by atoms with Crippen LogP contribution >= 0.6 is 39.9 Å². The molecule has 134 valence electrons. The molecule has 0 unspecified atom stereocenters. The summed E-state index contributed by atoms with van der Waals surface area (Å²) in [4.78, 5) is 15.0. The van der Waals surface area contributed by atoms with Crippen LogP contribution in [0.4, 0.5) is 0 Å². The summed E-state index contributed by atoms with van der Waals surface area (Å²) >= 11 is 10.2. The smallest absolute Gasteiger partial charge is 0.266 e. The van der Waals surface area contributed by atoms with E-state index in [1.807, 2.05) is 48.5 Å². The fraction of sp³-hybridized carbons (Fsp3) is 0.158. The Morgan fingerprint density at radius 3 is 2.58 bits per heavy atom. The quantitative estimate of drug-likeness (QED) is 0.480. The number of nitrogens with zero attached hydrogens (tertiary/aromatic N) is 1. The number of thiocarbonyl (C=S) groups is 1. The molecule has 1 aliphatic rings. The SMILES string of the molecule is COc1cc(/C=C2\SC(=S)N(Cc3ccccc3)C2=O)cc(Br)c1OC. The molecule has 0 saturated carbocycles. The molecule has 0 spiro atoms. The van der Waals surface area contributed by atoms with Crippen molar-refractivity contribution in [3.05, 3.63) is 63.0 Å². The standard InChI is InChI=1S/C19H16BrNO3S2/c1-23-15-9-13(8-14(20)17(15)24-2)10-16-18(22)21(19(25)26-16)11-12-6-4-3-5-7-12/h3-10H,11H2,1-2H3/b16-10-. The molecule has 0 aromatic heterocycles. The molecule has 2 aromatic carbocycles. The second-order valence-electron chi connectivity index (χ2n) is 5.49. The van der Waals surface area contributed by atoms with E-state index >= 15 is 0 Å². The van der Waals surface area contributed by atoms with Crippen LogP contribution in [-0.2, 0) is 11.3 Å². The first-order chi connectivity index (χ1) is 12.5. The number of carbonyl (C=O) groups excluding carboxylic acids is 1. The van der Waals surface area contributed by atoms with E-state index < -0.39 is 0 Å². The van der Waals surface area contributed by atoms with E-state index in [0.717, 1.165) is 15.6 Å². The van der Waals surface area contributed by atoms with E-state index in [2.05, 4.69) is 15.9 Å². The zero-order valence-electron chi connectivity index (χ0n) is 14.2. The number of carbonyl (C=O) groups is 1. The van der Waals surface area contributed by atoms with Crippen LogP contribution in [0.15, 0.2) is 51.8 Å². The molecule has 1 aliphatic heterocycles. The number of benzene rings is 2. The third-order valence-corrected chi connectivity index (χ3v) is 5.78. The van der Waals surface area contributed by atoms with Crippen molar-refractivity contribution in [2.75, 3.05) is 14.2 Å². The number of ether oxygens (including phenoxy) is 2. The lowest BCUT2D eigenvalue weighted by Gasteiger charge is -2.14. The second kappa shape index (κ2) is 8.24. The van der Waals surface area contributed by atoms with Gasteiger partial charge in [0, 0.05) is 0 Å². The predicted molar refractivity (Wildman–Crippen MR) is 112 cm³/mol. The summed E-state index contributed by atoms with van der Waals surface area (Å²) in [6.07, 6.45) is 1.82. The molecule has 1 heterocycles. The van der Waals surface area contributed by atoms with Gasteiger partial charge in [-0.15, -0.1) is 0 Å². The summed E-state index contributed by atoms with van der Waals surface area (Å²) in [7, 11) is 3.16. The van der Waals surface area contributed by atoms with Gasteiger partial charge in [0.25, 0.3) is 5.91 Å². The number of hydrogen-bond acceptors (Lipinski definition) is 5. The first kappa shape index (κ1) is 18.9. The highest BCUT2D eigenvalue weighted by atomic mass is 79.9. The average Bonchev–Trinajstić information content (AvgIpc) is 2.89. The molecule has 3 rings (SSSR count). The average molecular weight is 450 g/mol. The van der Waals surface area contributed by atoms with Crippen LogP contribution < -0.4 is 9.47 Å². The summed E-state index contributed by atoms with van der Waals surface area (Å²) in [5, 5.41) is 0. The van der Waals surface area contributed by atoms with E-state index in [1.165, 1.54) is 11.8 Å². The van der Waals surface area contributed by atoms with E-state index in [4.69, 9.17) is 21.7 Å². The minimum Gasteiger partial charge on any atom is -0.493 e. The Morgan fingerprint density at radius 2 is 1.92 bits per heavy atom. The van der Waals surface area contributed by atoms with Crippen molar-refractivity contribution in [2.45, 2.75) is 6.54 Å². The molecule has 1 amide bonds. The summed E-state index contributed by atoms with van der Waals surface area (Å²) in [5.74, 6) is 1.11. The molecule has 26 heavy (non-hydrogen) atoms. The van der Waals surface area contributed by atoms with Gasteiger partial charge in [-0.25, -0.2) is 0 Å². The van der Waals surface area contributed by atoms with Crippen molar-refractivity contribution in [3.8, 4) is 11.5 Å². The second-order valence-corrected chi connectivity index (χ2v) is 8.02. The largest absolute Gasteiger partial charge is 0.493 e. The fourth-order valence-electron chi connectivity index (χ4n) is 2.57. The Morgan fingerprint density at radius 1 is 1.19 bits per heavy atom. The van der Waals surface area contributed by atoms with Crippen LogP contribution in [0, 0.1) is 0 Å². The Balaban J connectivity index is 1.87. The highest BCUT2D eigenvalue weighted by Gasteiger charge is 2.32. The zero-order valence-corrected chi connectivity index (χ0v) is 17.4. The van der Waals surface area contributed by atoms with Crippen molar-refractivity contribution >= 4 is 56.2 Å². The number of thioether (sulfide) groups is 1. The number of methoxy groups -OCH3 is 2. The molecule has 7 heteroatoms. The normalized spacial score (nSPS) is 15.7. The molecule has 4 nitrogen and oxygen atoms in total. The lowest BCUT2D eigenvalue weighted by Crippen LogP contribution is -2.27. The van der Waals surface area contributed by atoms with Crippen molar-refractivity contribution in [1.29, 1.82) is 0 Å². The summed E-state index contributed by atoms with van der Waals surface area (Å²) < 4.78 is 12.0. The Labute approximate surface area is 170 Å². The van der Waals surface area contributed by atoms with Crippen LogP contribution in [0.3, 0.4) is 0 Å². The van der Waals surface area contributed by atoms with Gasteiger partial charge >= 0.3 is 0 Å². The lowest BCUT2D eigenvalue weighted by molar-refractivity contribution is -0.122. The lowest BCUT2D eigenvalue weighted by atomic mass is 10.1.